The van der Waals surface area contributed by atoms with Crippen LogP contribution in [0.2, 0.25) is 5.02 Å². The van der Waals surface area contributed by atoms with Gasteiger partial charge in [0, 0.05) is 23.1 Å². The van der Waals surface area contributed by atoms with Gasteiger partial charge in [0.1, 0.15) is 0 Å². The Balaban J connectivity index is 1.78. The summed E-state index contributed by atoms with van der Waals surface area (Å²) < 4.78 is 0. The van der Waals surface area contributed by atoms with Crippen LogP contribution >= 0.6 is 11.6 Å². The normalized spacial score (nSPS) is 19.4. The number of hydrogen-bond donors (Lipinski definition) is 1. The summed E-state index contributed by atoms with van der Waals surface area (Å²) in [4.78, 5) is 2.57. The van der Waals surface area contributed by atoms with Gasteiger partial charge in [-0.15, -0.1) is 0 Å². The van der Waals surface area contributed by atoms with Gasteiger partial charge in [-0.25, -0.2) is 0 Å². The Morgan fingerprint density at radius 2 is 1.85 bits per heavy atom. The number of benzene rings is 1. The second-order valence-electron chi connectivity index (χ2n) is 6.27. The number of likely N-dealkylation sites (tertiary alicyclic amines) is 1. The maximum absolute atomic E-state index is 6.23. The van der Waals surface area contributed by atoms with Crippen molar-refractivity contribution >= 4 is 11.6 Å². The minimum Gasteiger partial charge on any atom is -0.311 e. The Bertz CT molecular complexity index is 411. The van der Waals surface area contributed by atoms with Gasteiger partial charge in [-0.1, -0.05) is 29.8 Å². The minimum absolute atomic E-state index is 0.477. The van der Waals surface area contributed by atoms with Crippen molar-refractivity contribution in [3.8, 4) is 0 Å². The highest BCUT2D eigenvalue weighted by Crippen LogP contribution is 2.18. The molecule has 0 spiro atoms. The summed E-state index contributed by atoms with van der Waals surface area (Å²) in [7, 11) is 0. The zero-order valence-electron chi connectivity index (χ0n) is 12.9. The van der Waals surface area contributed by atoms with Crippen LogP contribution < -0.4 is 5.32 Å². The van der Waals surface area contributed by atoms with Crippen molar-refractivity contribution in [2.24, 2.45) is 0 Å². The van der Waals surface area contributed by atoms with Crippen molar-refractivity contribution in [3.63, 3.8) is 0 Å². The van der Waals surface area contributed by atoms with Crippen LogP contribution in [0.25, 0.3) is 0 Å². The first-order chi connectivity index (χ1) is 9.56. The summed E-state index contributed by atoms with van der Waals surface area (Å²) in [6, 6.07) is 9.97. The van der Waals surface area contributed by atoms with E-state index in [1.807, 2.05) is 12.1 Å². The van der Waals surface area contributed by atoms with E-state index < -0.39 is 0 Å². The number of rotatable bonds is 5. The first-order valence-corrected chi connectivity index (χ1v) is 8.17. The molecule has 1 aromatic carbocycles. The maximum Gasteiger partial charge on any atom is 0.0438 e. The van der Waals surface area contributed by atoms with E-state index in [1.54, 1.807) is 0 Å². The summed E-state index contributed by atoms with van der Waals surface area (Å²) >= 11 is 6.23. The van der Waals surface area contributed by atoms with Crippen LogP contribution in [0.5, 0.6) is 0 Å². The van der Waals surface area contributed by atoms with E-state index >= 15 is 0 Å². The Morgan fingerprint density at radius 1 is 1.20 bits per heavy atom. The third-order valence-electron chi connectivity index (χ3n) is 4.26. The van der Waals surface area contributed by atoms with E-state index in [2.05, 4.69) is 43.1 Å². The molecule has 0 bridgehead atoms. The van der Waals surface area contributed by atoms with E-state index in [4.69, 9.17) is 11.6 Å². The first kappa shape index (κ1) is 15.8. The SMILES string of the molecule is CC(Cc1ccccc1Cl)NC1CCN(C(C)C)CC1. The lowest BCUT2D eigenvalue weighted by atomic mass is 10.0. The molecule has 1 unspecified atom stereocenters. The topological polar surface area (TPSA) is 15.3 Å². The van der Waals surface area contributed by atoms with Crippen LogP contribution in [-0.2, 0) is 6.42 Å². The molecule has 0 saturated carbocycles. The van der Waals surface area contributed by atoms with E-state index in [-0.39, 0.29) is 0 Å². The largest absolute Gasteiger partial charge is 0.311 e. The Kier molecular flexibility index (Phi) is 5.88. The van der Waals surface area contributed by atoms with Crippen LogP contribution in [-0.4, -0.2) is 36.1 Å². The molecule has 0 radical (unpaired) electrons. The Morgan fingerprint density at radius 3 is 2.45 bits per heavy atom. The van der Waals surface area contributed by atoms with E-state index in [0.717, 1.165) is 11.4 Å². The predicted molar refractivity (Wildman–Crippen MR) is 87.5 cm³/mol. The van der Waals surface area contributed by atoms with Gasteiger partial charge >= 0.3 is 0 Å². The van der Waals surface area contributed by atoms with Crippen LogP contribution in [0.1, 0.15) is 39.2 Å². The van der Waals surface area contributed by atoms with Gasteiger partial charge in [0.2, 0.25) is 0 Å². The number of nitrogens with one attached hydrogen (secondary N) is 1. The van der Waals surface area contributed by atoms with Gasteiger partial charge < -0.3 is 10.2 Å². The van der Waals surface area contributed by atoms with Crippen molar-refractivity contribution in [1.82, 2.24) is 10.2 Å². The van der Waals surface area contributed by atoms with Crippen LogP contribution in [0.3, 0.4) is 0 Å². The molecule has 2 nitrogen and oxygen atoms in total. The minimum atomic E-state index is 0.477. The molecular formula is C17H27ClN2. The summed E-state index contributed by atoms with van der Waals surface area (Å²) in [6.45, 7) is 9.27. The first-order valence-electron chi connectivity index (χ1n) is 7.79. The second kappa shape index (κ2) is 7.44. The standard InChI is InChI=1S/C17H27ClN2/c1-13(2)20-10-8-16(9-11-20)19-14(3)12-15-6-4-5-7-17(15)18/h4-7,13-14,16,19H,8-12H2,1-3H3. The molecule has 1 heterocycles. The number of halogens is 1. The molecule has 1 saturated heterocycles. The van der Waals surface area contributed by atoms with Gasteiger partial charge in [-0.3, -0.25) is 0 Å². The third kappa shape index (κ3) is 4.47. The quantitative estimate of drug-likeness (QED) is 0.890. The van der Waals surface area contributed by atoms with E-state index in [9.17, 15) is 0 Å². The lowest BCUT2D eigenvalue weighted by Gasteiger charge is -2.36. The van der Waals surface area contributed by atoms with Crippen molar-refractivity contribution < 1.29 is 0 Å². The zero-order chi connectivity index (χ0) is 14.5. The number of hydrogen-bond acceptors (Lipinski definition) is 2. The monoisotopic (exact) mass is 294 g/mol. The highest BCUT2D eigenvalue weighted by molar-refractivity contribution is 6.31. The molecule has 0 amide bonds. The van der Waals surface area contributed by atoms with Gasteiger partial charge in [0.05, 0.1) is 0 Å². The van der Waals surface area contributed by atoms with Gasteiger partial charge in [0.15, 0.2) is 0 Å². The zero-order valence-corrected chi connectivity index (χ0v) is 13.7. The molecule has 1 N–H and O–H groups in total. The lowest BCUT2D eigenvalue weighted by Crippen LogP contribution is -2.47. The summed E-state index contributed by atoms with van der Waals surface area (Å²) in [6.07, 6.45) is 3.51. The van der Waals surface area contributed by atoms with Crippen LogP contribution in [0, 0.1) is 0 Å². The number of nitrogens with zero attached hydrogens (tertiary/aromatic N) is 1. The number of piperidine rings is 1. The molecule has 1 aliphatic rings. The predicted octanol–water partition coefficient (Wildman–Crippen LogP) is 3.73. The van der Waals surface area contributed by atoms with Gasteiger partial charge in [-0.05, 0) is 64.8 Å². The molecule has 0 aromatic heterocycles. The fraction of sp³-hybridized carbons (Fsp3) is 0.647. The van der Waals surface area contributed by atoms with Crippen molar-refractivity contribution in [2.45, 2.75) is 58.2 Å². The van der Waals surface area contributed by atoms with E-state index in [0.29, 0.717) is 18.1 Å². The second-order valence-corrected chi connectivity index (χ2v) is 6.67. The molecule has 1 atom stereocenters. The Labute approximate surface area is 128 Å². The van der Waals surface area contributed by atoms with E-state index in [1.165, 1.54) is 31.5 Å². The molecule has 20 heavy (non-hydrogen) atoms. The summed E-state index contributed by atoms with van der Waals surface area (Å²) in [5.74, 6) is 0. The summed E-state index contributed by atoms with van der Waals surface area (Å²) in [5.41, 5.74) is 1.24. The lowest BCUT2D eigenvalue weighted by molar-refractivity contribution is 0.157. The van der Waals surface area contributed by atoms with Crippen LogP contribution in [0.15, 0.2) is 24.3 Å². The smallest absolute Gasteiger partial charge is 0.0438 e. The molecule has 0 aliphatic carbocycles. The molecular weight excluding hydrogens is 268 g/mol. The highest BCUT2D eigenvalue weighted by Gasteiger charge is 2.21. The molecule has 2 rings (SSSR count). The molecule has 1 aromatic rings. The van der Waals surface area contributed by atoms with Gasteiger partial charge in [-0.2, -0.15) is 0 Å². The van der Waals surface area contributed by atoms with Crippen molar-refractivity contribution in [3.05, 3.63) is 34.9 Å². The average molecular weight is 295 g/mol. The molecule has 3 heteroatoms. The highest BCUT2D eigenvalue weighted by atomic mass is 35.5. The molecule has 112 valence electrons. The maximum atomic E-state index is 6.23. The third-order valence-corrected chi connectivity index (χ3v) is 4.63. The fourth-order valence-corrected chi connectivity index (χ4v) is 3.25. The molecule has 1 fully saturated rings. The average Bonchev–Trinajstić information content (AvgIpc) is 2.42. The van der Waals surface area contributed by atoms with Crippen molar-refractivity contribution in [1.29, 1.82) is 0 Å². The van der Waals surface area contributed by atoms with Gasteiger partial charge in [0.25, 0.3) is 0 Å². The fourth-order valence-electron chi connectivity index (χ4n) is 3.04. The molecule has 1 aliphatic heterocycles. The Hall–Kier alpha value is -0.570. The summed E-state index contributed by atoms with van der Waals surface area (Å²) in [5, 5.41) is 4.65. The van der Waals surface area contributed by atoms with Crippen molar-refractivity contribution in [2.75, 3.05) is 13.1 Å². The van der Waals surface area contributed by atoms with Crippen LogP contribution in [0.4, 0.5) is 0 Å².